The van der Waals surface area contributed by atoms with Crippen LogP contribution in [-0.4, -0.2) is 43.8 Å². The van der Waals surface area contributed by atoms with E-state index in [1.54, 1.807) is 0 Å². The first-order chi connectivity index (χ1) is 7.88. The van der Waals surface area contributed by atoms with Gasteiger partial charge in [0.25, 0.3) is 0 Å². The lowest BCUT2D eigenvalue weighted by Gasteiger charge is -2.27. The highest BCUT2D eigenvalue weighted by Gasteiger charge is 2.08. The van der Waals surface area contributed by atoms with Crippen LogP contribution in [-0.2, 0) is 0 Å². The zero-order valence-corrected chi connectivity index (χ0v) is 10.3. The van der Waals surface area contributed by atoms with Gasteiger partial charge in [0.1, 0.15) is 0 Å². The molecule has 0 amide bonds. The number of nitrogens with zero attached hydrogens (tertiary/aromatic N) is 2. The fraction of sp³-hybridized carbons (Fsp3) is 0.750. The Bertz CT molecular complexity index is 235. The van der Waals surface area contributed by atoms with Gasteiger partial charge in [0.15, 0.2) is 0 Å². The molecule has 0 aromatic heterocycles. The maximum absolute atomic E-state index is 5.43. The van der Waals surface area contributed by atoms with Crippen molar-refractivity contribution in [3.05, 3.63) is 11.9 Å². The molecule has 3 N–H and O–H groups in total. The molecule has 0 atom stereocenters. The van der Waals surface area contributed by atoms with Crippen molar-refractivity contribution in [3.8, 4) is 0 Å². The van der Waals surface area contributed by atoms with E-state index in [-0.39, 0.29) is 0 Å². The van der Waals surface area contributed by atoms with Crippen molar-refractivity contribution in [1.29, 1.82) is 0 Å². The van der Waals surface area contributed by atoms with Crippen LogP contribution in [0.5, 0.6) is 0 Å². The summed E-state index contributed by atoms with van der Waals surface area (Å²) < 4.78 is 0. The predicted octanol–water partition coefficient (Wildman–Crippen LogP) is 0.953. The molecule has 4 heteroatoms. The number of nitrogens with two attached hydrogens (primary N) is 1. The van der Waals surface area contributed by atoms with Crippen molar-refractivity contribution in [1.82, 2.24) is 10.2 Å². The van der Waals surface area contributed by atoms with Gasteiger partial charge in [-0.2, -0.15) is 0 Å². The molecule has 1 rings (SSSR count). The van der Waals surface area contributed by atoms with Crippen molar-refractivity contribution < 1.29 is 0 Å². The second-order valence-electron chi connectivity index (χ2n) is 4.00. The van der Waals surface area contributed by atoms with Crippen LogP contribution in [0.15, 0.2) is 16.9 Å². The van der Waals surface area contributed by atoms with Gasteiger partial charge < -0.3 is 16.0 Å². The average Bonchev–Trinajstić information content (AvgIpc) is 2.34. The Kier molecular flexibility index (Phi) is 6.85. The van der Waals surface area contributed by atoms with Gasteiger partial charge in [-0.25, -0.2) is 0 Å². The summed E-state index contributed by atoms with van der Waals surface area (Å²) in [4.78, 5) is 6.59. The van der Waals surface area contributed by atoms with E-state index in [0.29, 0.717) is 0 Å². The quantitative estimate of drug-likeness (QED) is 0.604. The molecule has 1 heterocycles. The van der Waals surface area contributed by atoms with Gasteiger partial charge in [-0.3, -0.25) is 4.99 Å². The van der Waals surface area contributed by atoms with Crippen LogP contribution in [0.25, 0.3) is 0 Å². The Hall–Kier alpha value is -0.870. The average molecular weight is 224 g/mol. The zero-order chi connectivity index (χ0) is 11.6. The van der Waals surface area contributed by atoms with Crippen LogP contribution in [0.3, 0.4) is 0 Å². The summed E-state index contributed by atoms with van der Waals surface area (Å²) in [5.41, 5.74) is 6.78. The summed E-state index contributed by atoms with van der Waals surface area (Å²) in [5.74, 6) is 0. The molecule has 0 unspecified atom stereocenters. The fourth-order valence-electron chi connectivity index (χ4n) is 1.78. The molecule has 16 heavy (non-hydrogen) atoms. The normalized spacial score (nSPS) is 15.4. The van der Waals surface area contributed by atoms with E-state index in [4.69, 9.17) is 5.73 Å². The Labute approximate surface area is 98.6 Å². The van der Waals surface area contributed by atoms with Gasteiger partial charge in [0, 0.05) is 24.7 Å². The van der Waals surface area contributed by atoms with Gasteiger partial charge >= 0.3 is 0 Å². The minimum Gasteiger partial charge on any atom is -0.368 e. The molecule has 0 aromatic rings. The summed E-state index contributed by atoms with van der Waals surface area (Å²) in [5, 5.41) is 3.40. The highest BCUT2D eigenvalue weighted by molar-refractivity contribution is 5.62. The summed E-state index contributed by atoms with van der Waals surface area (Å²) in [7, 11) is 0. The van der Waals surface area contributed by atoms with E-state index in [9.17, 15) is 0 Å². The molecule has 0 saturated heterocycles. The molecule has 0 aliphatic carbocycles. The Morgan fingerprint density at radius 2 is 2.25 bits per heavy atom. The monoisotopic (exact) mass is 224 g/mol. The van der Waals surface area contributed by atoms with Crippen LogP contribution in [0, 0.1) is 0 Å². The summed E-state index contributed by atoms with van der Waals surface area (Å²) in [6, 6.07) is 0. The third-order valence-corrected chi connectivity index (χ3v) is 2.74. The molecule has 0 aromatic carbocycles. The van der Waals surface area contributed by atoms with E-state index in [0.717, 1.165) is 45.6 Å². The topological polar surface area (TPSA) is 53.6 Å². The van der Waals surface area contributed by atoms with Crippen LogP contribution in [0.1, 0.15) is 26.2 Å². The molecule has 0 radical (unpaired) electrons. The summed E-state index contributed by atoms with van der Waals surface area (Å²) >= 11 is 0. The van der Waals surface area contributed by atoms with E-state index in [2.05, 4.69) is 22.1 Å². The second-order valence-corrected chi connectivity index (χ2v) is 4.00. The van der Waals surface area contributed by atoms with Gasteiger partial charge in [0.05, 0.1) is 6.54 Å². The van der Waals surface area contributed by atoms with Crippen molar-refractivity contribution in [2.45, 2.75) is 26.2 Å². The Balaban J connectivity index is 2.08. The number of aliphatic imine (C=N–C) groups is 1. The van der Waals surface area contributed by atoms with Gasteiger partial charge in [-0.15, -0.1) is 0 Å². The summed E-state index contributed by atoms with van der Waals surface area (Å²) in [6.45, 7) is 7.14. The smallest absolute Gasteiger partial charge is 0.0529 e. The van der Waals surface area contributed by atoms with Crippen molar-refractivity contribution in [3.63, 3.8) is 0 Å². The molecule has 0 saturated carbocycles. The minimum atomic E-state index is 0.776. The summed E-state index contributed by atoms with van der Waals surface area (Å²) in [6.07, 6.45) is 7.26. The molecular formula is C12H24N4. The first-order valence-corrected chi connectivity index (χ1v) is 6.25. The fourth-order valence-corrected chi connectivity index (χ4v) is 1.78. The first kappa shape index (κ1) is 13.2. The number of nitrogens with one attached hydrogen (secondary N) is 1. The number of rotatable bonds is 8. The van der Waals surface area contributed by atoms with Gasteiger partial charge in [-0.1, -0.05) is 6.92 Å². The van der Waals surface area contributed by atoms with Gasteiger partial charge in [0.2, 0.25) is 0 Å². The van der Waals surface area contributed by atoms with Gasteiger partial charge in [-0.05, 0) is 38.9 Å². The molecule has 0 spiro atoms. The van der Waals surface area contributed by atoms with Crippen LogP contribution in [0.4, 0.5) is 0 Å². The third kappa shape index (κ3) is 4.77. The molecule has 1 aliphatic heterocycles. The highest BCUT2D eigenvalue weighted by Crippen LogP contribution is 2.11. The molecule has 4 nitrogen and oxygen atoms in total. The molecule has 1 aliphatic rings. The standard InChI is InChI=1S/C12H24N4/c1-2-12-11-15-8-10-16(12)9-4-7-14-6-3-5-13/h8,11,14H,2-7,9-10,13H2,1H3. The van der Waals surface area contributed by atoms with Crippen molar-refractivity contribution in [2.24, 2.45) is 10.7 Å². The Morgan fingerprint density at radius 3 is 3.00 bits per heavy atom. The van der Waals surface area contributed by atoms with E-state index >= 15 is 0 Å². The van der Waals surface area contributed by atoms with Crippen molar-refractivity contribution >= 4 is 6.21 Å². The molecule has 0 fully saturated rings. The van der Waals surface area contributed by atoms with Crippen molar-refractivity contribution in [2.75, 3.05) is 32.7 Å². The SMILES string of the molecule is CCC1=CN=CCN1CCCNCCCN. The molecule has 92 valence electrons. The molecular weight excluding hydrogens is 200 g/mol. The van der Waals surface area contributed by atoms with E-state index < -0.39 is 0 Å². The maximum atomic E-state index is 5.43. The lowest BCUT2D eigenvalue weighted by Crippen LogP contribution is -2.30. The molecule has 0 bridgehead atoms. The van der Waals surface area contributed by atoms with E-state index in [1.165, 1.54) is 12.1 Å². The first-order valence-electron chi connectivity index (χ1n) is 6.25. The van der Waals surface area contributed by atoms with Crippen LogP contribution in [0.2, 0.25) is 0 Å². The lowest BCUT2D eigenvalue weighted by atomic mass is 10.2. The number of hydrogen-bond donors (Lipinski definition) is 2. The van der Waals surface area contributed by atoms with E-state index in [1.807, 2.05) is 12.4 Å². The third-order valence-electron chi connectivity index (χ3n) is 2.74. The second kappa shape index (κ2) is 8.30. The lowest BCUT2D eigenvalue weighted by molar-refractivity contribution is 0.365. The maximum Gasteiger partial charge on any atom is 0.0529 e. The zero-order valence-electron chi connectivity index (χ0n) is 10.3. The highest BCUT2D eigenvalue weighted by atomic mass is 15.2. The Morgan fingerprint density at radius 1 is 1.44 bits per heavy atom. The minimum absolute atomic E-state index is 0.776. The number of hydrogen-bond acceptors (Lipinski definition) is 4. The predicted molar refractivity (Wildman–Crippen MR) is 69.6 cm³/mol. The van der Waals surface area contributed by atoms with Crippen LogP contribution < -0.4 is 11.1 Å². The largest absolute Gasteiger partial charge is 0.368 e. The van der Waals surface area contributed by atoms with Crippen LogP contribution >= 0.6 is 0 Å². The number of allylic oxidation sites excluding steroid dienone is 1.